The Hall–Kier alpha value is -1.25. The first-order valence-corrected chi connectivity index (χ1v) is 7.12. The first-order valence-electron chi connectivity index (χ1n) is 6.05. The maximum Gasteiger partial charge on any atom is 0.330 e. The highest BCUT2D eigenvalue weighted by Crippen LogP contribution is 2.29. The Morgan fingerprint density at radius 1 is 1.50 bits per heavy atom. The summed E-state index contributed by atoms with van der Waals surface area (Å²) in [6.07, 6.45) is 2.34. The van der Waals surface area contributed by atoms with Crippen molar-refractivity contribution in [2.75, 3.05) is 6.54 Å². The van der Waals surface area contributed by atoms with Crippen molar-refractivity contribution >= 4 is 34.8 Å². The third-order valence-electron chi connectivity index (χ3n) is 3.47. The van der Waals surface area contributed by atoms with Gasteiger partial charge in [-0.1, -0.05) is 0 Å². The summed E-state index contributed by atoms with van der Waals surface area (Å²) < 4.78 is 27.3. The van der Waals surface area contributed by atoms with Crippen LogP contribution in [0.3, 0.4) is 0 Å². The van der Waals surface area contributed by atoms with E-state index in [2.05, 4.69) is 5.10 Å². The van der Waals surface area contributed by atoms with Crippen LogP contribution in [0.2, 0.25) is 0 Å². The monoisotopic (exact) mass is 394 g/mol. The quantitative estimate of drug-likeness (QED) is 0.488. The maximum absolute atomic E-state index is 13.7. The number of nitrogens with zero attached hydrogens (tertiary/aromatic N) is 2. The highest BCUT2D eigenvalue weighted by Gasteiger charge is 2.43. The summed E-state index contributed by atoms with van der Waals surface area (Å²) in [4.78, 5) is 11.3. The lowest BCUT2D eigenvalue weighted by Crippen LogP contribution is -2.45. The molecular formula is C13H13F2IN2O2. The Labute approximate surface area is 128 Å². The number of hydrazone groups is 1. The van der Waals surface area contributed by atoms with Crippen molar-refractivity contribution in [1.82, 2.24) is 5.01 Å². The minimum atomic E-state index is -1.09. The zero-order valence-electron chi connectivity index (χ0n) is 10.7. The molecule has 1 N–H and O–H groups in total. The van der Waals surface area contributed by atoms with Gasteiger partial charge in [-0.3, -0.25) is 5.01 Å². The Bertz CT molecular complexity index is 580. The summed E-state index contributed by atoms with van der Waals surface area (Å²) in [5.41, 5.74) is -1.09. The van der Waals surface area contributed by atoms with E-state index in [0.717, 1.165) is 0 Å². The van der Waals surface area contributed by atoms with Crippen LogP contribution >= 0.6 is 22.6 Å². The minimum Gasteiger partial charge on any atom is -0.479 e. The van der Waals surface area contributed by atoms with Crippen LogP contribution in [0.5, 0.6) is 0 Å². The predicted molar refractivity (Wildman–Crippen MR) is 78.6 cm³/mol. The Balaban J connectivity index is 2.26. The molecule has 4 nitrogen and oxygen atoms in total. The van der Waals surface area contributed by atoms with E-state index in [1.807, 2.05) is 0 Å². The molecule has 2 rings (SSSR count). The molecule has 1 atom stereocenters. The summed E-state index contributed by atoms with van der Waals surface area (Å²) >= 11 is 1.70. The number of hydrogen-bond donors (Lipinski definition) is 1. The van der Waals surface area contributed by atoms with Gasteiger partial charge in [-0.25, -0.2) is 13.6 Å². The molecule has 108 valence electrons. The van der Waals surface area contributed by atoms with Crippen LogP contribution in [-0.4, -0.2) is 34.4 Å². The third-order valence-corrected chi connectivity index (χ3v) is 4.30. The van der Waals surface area contributed by atoms with Crippen molar-refractivity contribution in [3.05, 3.63) is 32.9 Å². The van der Waals surface area contributed by atoms with Gasteiger partial charge in [0.05, 0.1) is 9.78 Å². The van der Waals surface area contributed by atoms with Gasteiger partial charge in [-0.05, 0) is 54.5 Å². The fraction of sp³-hybridized carbons (Fsp3) is 0.385. The van der Waals surface area contributed by atoms with Crippen LogP contribution < -0.4 is 0 Å². The molecule has 1 aromatic carbocycles. The second kappa shape index (κ2) is 5.63. The number of rotatable bonds is 3. The number of carboxylic acids is 1. The summed E-state index contributed by atoms with van der Waals surface area (Å²) in [5.74, 6) is -2.87. The van der Waals surface area contributed by atoms with E-state index in [0.29, 0.717) is 19.4 Å². The van der Waals surface area contributed by atoms with Crippen molar-refractivity contribution in [1.29, 1.82) is 0 Å². The minimum absolute atomic E-state index is 0.00237. The van der Waals surface area contributed by atoms with E-state index in [4.69, 9.17) is 0 Å². The molecule has 0 unspecified atom stereocenters. The van der Waals surface area contributed by atoms with Crippen LogP contribution in [0.15, 0.2) is 17.2 Å². The van der Waals surface area contributed by atoms with E-state index >= 15 is 0 Å². The molecule has 1 heterocycles. The molecule has 0 bridgehead atoms. The Morgan fingerprint density at radius 3 is 2.85 bits per heavy atom. The Morgan fingerprint density at radius 2 is 2.20 bits per heavy atom. The lowest BCUT2D eigenvalue weighted by Gasteiger charge is -2.28. The van der Waals surface area contributed by atoms with E-state index in [-0.39, 0.29) is 9.13 Å². The fourth-order valence-electron chi connectivity index (χ4n) is 2.12. The molecule has 0 amide bonds. The molecule has 20 heavy (non-hydrogen) atoms. The predicted octanol–water partition coefficient (Wildman–Crippen LogP) is 2.84. The maximum atomic E-state index is 13.7. The number of halogens is 3. The van der Waals surface area contributed by atoms with E-state index in [9.17, 15) is 18.7 Å². The molecule has 0 radical (unpaired) electrons. The molecular weight excluding hydrogens is 381 g/mol. The summed E-state index contributed by atoms with van der Waals surface area (Å²) in [5, 5.41) is 14.6. The van der Waals surface area contributed by atoms with E-state index < -0.39 is 23.1 Å². The first-order chi connectivity index (χ1) is 9.36. The number of benzene rings is 1. The highest BCUT2D eigenvalue weighted by molar-refractivity contribution is 14.1. The smallest absolute Gasteiger partial charge is 0.330 e. The van der Waals surface area contributed by atoms with Crippen molar-refractivity contribution in [2.45, 2.75) is 25.3 Å². The summed E-state index contributed by atoms with van der Waals surface area (Å²) in [6, 6.07) is 2.86. The van der Waals surface area contributed by atoms with Crippen molar-refractivity contribution in [3.8, 4) is 0 Å². The fourth-order valence-corrected chi connectivity index (χ4v) is 2.54. The van der Waals surface area contributed by atoms with Gasteiger partial charge in [0.2, 0.25) is 0 Å². The molecule has 0 aliphatic carbocycles. The van der Waals surface area contributed by atoms with Gasteiger partial charge in [-0.2, -0.15) is 5.10 Å². The molecule has 1 aliphatic rings. The van der Waals surface area contributed by atoms with Gasteiger partial charge < -0.3 is 5.11 Å². The van der Waals surface area contributed by atoms with E-state index in [1.54, 1.807) is 29.5 Å². The van der Waals surface area contributed by atoms with Crippen LogP contribution in [0.25, 0.3) is 0 Å². The number of aliphatic carboxylic acids is 1. The molecule has 1 fully saturated rings. The number of hydrogen-bond acceptors (Lipinski definition) is 3. The average molecular weight is 394 g/mol. The van der Waals surface area contributed by atoms with Gasteiger partial charge in [0.15, 0.2) is 17.2 Å². The van der Waals surface area contributed by atoms with Crippen LogP contribution in [-0.2, 0) is 4.79 Å². The standard InChI is InChI=1S/C13H13F2IN2O2/c1-13(12(19)20)5-2-6-18(13)17-7-8-3-4-9(16)11(15)10(8)14/h3-4,7H,2,5-6H2,1H3,(H,19,20)/t13-/m1/s1. The normalized spacial score (nSPS) is 22.7. The molecule has 1 aliphatic heterocycles. The van der Waals surface area contributed by atoms with Crippen LogP contribution in [0, 0.1) is 15.2 Å². The van der Waals surface area contributed by atoms with E-state index in [1.165, 1.54) is 23.4 Å². The second-order valence-electron chi connectivity index (χ2n) is 4.81. The largest absolute Gasteiger partial charge is 0.479 e. The first kappa shape index (κ1) is 15.1. The topological polar surface area (TPSA) is 52.9 Å². The molecule has 1 saturated heterocycles. The lowest BCUT2D eigenvalue weighted by molar-refractivity contribution is -0.148. The summed E-state index contributed by atoms with van der Waals surface area (Å²) in [7, 11) is 0. The zero-order chi connectivity index (χ0) is 14.9. The third kappa shape index (κ3) is 2.63. The second-order valence-corrected chi connectivity index (χ2v) is 5.98. The van der Waals surface area contributed by atoms with Gasteiger partial charge in [0.25, 0.3) is 0 Å². The van der Waals surface area contributed by atoms with Crippen molar-refractivity contribution < 1.29 is 18.7 Å². The number of carboxylic acid groups (broad SMARTS) is 1. The zero-order valence-corrected chi connectivity index (χ0v) is 12.9. The van der Waals surface area contributed by atoms with Gasteiger partial charge in [0, 0.05) is 12.1 Å². The molecule has 1 aromatic rings. The number of carbonyl (C=O) groups is 1. The molecule has 0 saturated carbocycles. The van der Waals surface area contributed by atoms with Crippen molar-refractivity contribution in [3.63, 3.8) is 0 Å². The SMILES string of the molecule is C[C@]1(C(=O)O)CCCN1N=Cc1ccc(I)c(F)c1F. The highest BCUT2D eigenvalue weighted by atomic mass is 127. The van der Waals surface area contributed by atoms with Gasteiger partial charge in [0.1, 0.15) is 0 Å². The van der Waals surface area contributed by atoms with Crippen LogP contribution in [0.4, 0.5) is 8.78 Å². The Kier molecular flexibility index (Phi) is 4.26. The van der Waals surface area contributed by atoms with Crippen molar-refractivity contribution in [2.24, 2.45) is 5.10 Å². The van der Waals surface area contributed by atoms with Crippen LogP contribution in [0.1, 0.15) is 25.3 Å². The van der Waals surface area contributed by atoms with Gasteiger partial charge in [-0.15, -0.1) is 0 Å². The molecule has 7 heteroatoms. The lowest BCUT2D eigenvalue weighted by atomic mass is 10.0. The summed E-state index contributed by atoms with van der Waals surface area (Å²) in [6.45, 7) is 2.05. The average Bonchev–Trinajstić information content (AvgIpc) is 2.78. The molecule has 0 aromatic heterocycles. The molecule has 0 spiro atoms. The van der Waals surface area contributed by atoms with Gasteiger partial charge >= 0.3 is 5.97 Å².